The molecule has 1 amide bonds. The summed E-state index contributed by atoms with van der Waals surface area (Å²) in [5.41, 5.74) is 4.51. The molecule has 0 aliphatic carbocycles. The second kappa shape index (κ2) is 10.3. The second-order valence-corrected chi connectivity index (χ2v) is 9.96. The van der Waals surface area contributed by atoms with Gasteiger partial charge in [0.15, 0.2) is 0 Å². The van der Waals surface area contributed by atoms with Crippen molar-refractivity contribution in [3.63, 3.8) is 0 Å². The largest absolute Gasteiger partial charge is 0.497 e. The molecule has 0 spiro atoms. The first-order chi connectivity index (χ1) is 17.0. The SMILES string of the molecule is COc1ccc2[nH]cc(C3CCN(CC(=O)Nc4ccc(N5CC(C)OC(C)C5)cc4)CC3)c2c1. The van der Waals surface area contributed by atoms with Crippen LogP contribution in [0.4, 0.5) is 11.4 Å². The maximum absolute atomic E-state index is 12.7. The minimum atomic E-state index is 0.0432. The molecule has 2 fully saturated rings. The summed E-state index contributed by atoms with van der Waals surface area (Å²) in [5.74, 6) is 1.42. The fourth-order valence-electron chi connectivity index (χ4n) is 5.54. The number of likely N-dealkylation sites (tertiary alicyclic amines) is 1. The van der Waals surface area contributed by atoms with E-state index in [0.717, 1.165) is 56.0 Å². The van der Waals surface area contributed by atoms with Gasteiger partial charge in [-0.05, 0) is 93.7 Å². The summed E-state index contributed by atoms with van der Waals surface area (Å²) < 4.78 is 11.2. The lowest BCUT2D eigenvalue weighted by Gasteiger charge is -2.36. The number of ether oxygens (including phenoxy) is 2. The van der Waals surface area contributed by atoms with Crippen molar-refractivity contribution in [2.75, 3.05) is 50.1 Å². The number of methoxy groups -OCH3 is 1. The molecule has 1 aromatic heterocycles. The Morgan fingerprint density at radius 2 is 1.80 bits per heavy atom. The predicted molar refractivity (Wildman–Crippen MR) is 141 cm³/mol. The zero-order valence-corrected chi connectivity index (χ0v) is 20.9. The monoisotopic (exact) mass is 476 g/mol. The number of morpholine rings is 1. The summed E-state index contributed by atoms with van der Waals surface area (Å²) in [6, 6.07) is 14.3. The zero-order valence-electron chi connectivity index (χ0n) is 20.9. The molecule has 5 rings (SSSR count). The smallest absolute Gasteiger partial charge is 0.238 e. The molecule has 2 aliphatic heterocycles. The zero-order chi connectivity index (χ0) is 24.4. The molecule has 2 atom stereocenters. The normalized spacial score (nSPS) is 21.9. The molecule has 2 N–H and O–H groups in total. The third-order valence-corrected chi connectivity index (χ3v) is 7.25. The van der Waals surface area contributed by atoms with Crippen LogP contribution in [-0.2, 0) is 9.53 Å². The fraction of sp³-hybridized carbons (Fsp3) is 0.464. The number of piperidine rings is 1. The number of H-pyrrole nitrogens is 1. The Morgan fingerprint density at radius 3 is 2.49 bits per heavy atom. The van der Waals surface area contributed by atoms with Gasteiger partial charge in [-0.25, -0.2) is 0 Å². The molecule has 2 aliphatic rings. The minimum absolute atomic E-state index is 0.0432. The number of hydrogen-bond donors (Lipinski definition) is 2. The van der Waals surface area contributed by atoms with Gasteiger partial charge in [0.05, 0.1) is 25.9 Å². The van der Waals surface area contributed by atoms with Crippen LogP contribution < -0.4 is 15.0 Å². The molecular formula is C28H36N4O3. The molecule has 0 saturated carbocycles. The fourth-order valence-corrected chi connectivity index (χ4v) is 5.54. The molecule has 186 valence electrons. The van der Waals surface area contributed by atoms with Crippen LogP contribution in [0, 0.1) is 0 Å². The Labute approximate surface area is 207 Å². The summed E-state index contributed by atoms with van der Waals surface area (Å²) in [5, 5.41) is 4.31. The quantitative estimate of drug-likeness (QED) is 0.544. The van der Waals surface area contributed by atoms with E-state index in [9.17, 15) is 4.79 Å². The topological polar surface area (TPSA) is 69.8 Å². The van der Waals surface area contributed by atoms with Gasteiger partial charge in [0.2, 0.25) is 5.91 Å². The Hall–Kier alpha value is -3.03. The maximum atomic E-state index is 12.7. The van der Waals surface area contributed by atoms with Crippen LogP contribution >= 0.6 is 0 Å². The van der Waals surface area contributed by atoms with Crippen molar-refractivity contribution < 1.29 is 14.3 Å². The van der Waals surface area contributed by atoms with Crippen LogP contribution in [0.3, 0.4) is 0 Å². The lowest BCUT2D eigenvalue weighted by molar-refractivity contribution is -0.117. The molecular weight excluding hydrogens is 440 g/mol. The predicted octanol–water partition coefficient (Wildman–Crippen LogP) is 4.61. The highest BCUT2D eigenvalue weighted by Gasteiger charge is 2.25. The highest BCUT2D eigenvalue weighted by molar-refractivity contribution is 5.92. The van der Waals surface area contributed by atoms with Gasteiger partial charge in [-0.1, -0.05) is 0 Å². The molecule has 3 heterocycles. The van der Waals surface area contributed by atoms with Gasteiger partial charge < -0.3 is 24.7 Å². The van der Waals surface area contributed by atoms with Crippen molar-refractivity contribution in [2.45, 2.75) is 44.8 Å². The molecule has 7 nitrogen and oxygen atoms in total. The number of benzene rings is 2. The van der Waals surface area contributed by atoms with Crippen LogP contribution in [0.1, 0.15) is 38.2 Å². The molecule has 2 aromatic carbocycles. The molecule has 7 heteroatoms. The molecule has 0 bridgehead atoms. The molecule has 2 saturated heterocycles. The van der Waals surface area contributed by atoms with Gasteiger partial charge in [0.1, 0.15) is 5.75 Å². The van der Waals surface area contributed by atoms with E-state index in [-0.39, 0.29) is 18.1 Å². The maximum Gasteiger partial charge on any atom is 0.238 e. The number of amides is 1. The standard InChI is InChI=1S/C28H36N4O3/c1-19-16-32(17-20(2)35-19)23-6-4-22(5-7-23)30-28(33)18-31-12-10-21(11-13-31)26-15-29-27-9-8-24(34-3)14-25(26)27/h4-9,14-15,19-21,29H,10-13,16-18H2,1-3H3,(H,30,33). The lowest BCUT2D eigenvalue weighted by atomic mass is 9.89. The number of carbonyl (C=O) groups excluding carboxylic acids is 1. The summed E-state index contributed by atoms with van der Waals surface area (Å²) >= 11 is 0. The molecule has 0 radical (unpaired) electrons. The number of hydrogen-bond acceptors (Lipinski definition) is 5. The Bertz CT molecular complexity index is 1140. The van der Waals surface area contributed by atoms with Crippen molar-refractivity contribution in [1.29, 1.82) is 0 Å². The van der Waals surface area contributed by atoms with E-state index < -0.39 is 0 Å². The lowest BCUT2D eigenvalue weighted by Crippen LogP contribution is -2.45. The average molecular weight is 477 g/mol. The van der Waals surface area contributed by atoms with Crippen LogP contribution in [-0.4, -0.2) is 67.8 Å². The number of anilines is 2. The molecule has 35 heavy (non-hydrogen) atoms. The van der Waals surface area contributed by atoms with Crippen molar-refractivity contribution >= 4 is 28.2 Å². The third-order valence-electron chi connectivity index (χ3n) is 7.25. The van der Waals surface area contributed by atoms with E-state index in [2.05, 4.69) is 64.4 Å². The van der Waals surface area contributed by atoms with Crippen LogP contribution in [0.2, 0.25) is 0 Å². The highest BCUT2D eigenvalue weighted by Crippen LogP contribution is 2.34. The summed E-state index contributed by atoms with van der Waals surface area (Å²) in [7, 11) is 1.70. The van der Waals surface area contributed by atoms with Gasteiger partial charge in [0.25, 0.3) is 0 Å². The van der Waals surface area contributed by atoms with Gasteiger partial charge >= 0.3 is 0 Å². The number of nitrogens with one attached hydrogen (secondary N) is 2. The van der Waals surface area contributed by atoms with Crippen molar-refractivity contribution in [1.82, 2.24) is 9.88 Å². The van der Waals surface area contributed by atoms with E-state index in [4.69, 9.17) is 9.47 Å². The van der Waals surface area contributed by atoms with E-state index >= 15 is 0 Å². The van der Waals surface area contributed by atoms with Crippen LogP contribution in [0.15, 0.2) is 48.7 Å². The minimum Gasteiger partial charge on any atom is -0.497 e. The van der Waals surface area contributed by atoms with Gasteiger partial charge in [-0.15, -0.1) is 0 Å². The Morgan fingerprint density at radius 1 is 1.09 bits per heavy atom. The van der Waals surface area contributed by atoms with Crippen LogP contribution in [0.25, 0.3) is 10.9 Å². The number of fused-ring (bicyclic) bond motifs is 1. The number of aromatic amines is 1. The van der Waals surface area contributed by atoms with E-state index in [1.807, 2.05) is 18.2 Å². The summed E-state index contributed by atoms with van der Waals surface area (Å²) in [6.45, 7) is 8.25. The number of aromatic nitrogens is 1. The second-order valence-electron chi connectivity index (χ2n) is 9.96. The van der Waals surface area contributed by atoms with Gasteiger partial charge in [-0.2, -0.15) is 0 Å². The first kappa shape index (κ1) is 23.7. The Balaban J connectivity index is 1.12. The van der Waals surface area contributed by atoms with Crippen molar-refractivity contribution in [2.24, 2.45) is 0 Å². The molecule has 2 unspecified atom stereocenters. The highest BCUT2D eigenvalue weighted by atomic mass is 16.5. The van der Waals surface area contributed by atoms with Gasteiger partial charge in [0, 0.05) is 41.6 Å². The molecule has 3 aromatic rings. The number of nitrogens with zero attached hydrogens (tertiary/aromatic N) is 2. The van der Waals surface area contributed by atoms with E-state index in [1.165, 1.54) is 16.6 Å². The van der Waals surface area contributed by atoms with E-state index in [1.54, 1.807) is 7.11 Å². The van der Waals surface area contributed by atoms with Crippen molar-refractivity contribution in [3.8, 4) is 5.75 Å². The summed E-state index contributed by atoms with van der Waals surface area (Å²) in [4.78, 5) is 20.7. The average Bonchev–Trinajstić information content (AvgIpc) is 3.27. The number of rotatable bonds is 6. The first-order valence-corrected chi connectivity index (χ1v) is 12.7. The number of carbonyl (C=O) groups is 1. The summed E-state index contributed by atoms with van der Waals surface area (Å²) in [6.07, 6.45) is 4.67. The third kappa shape index (κ3) is 5.46. The van der Waals surface area contributed by atoms with Crippen molar-refractivity contribution in [3.05, 3.63) is 54.2 Å². The van der Waals surface area contributed by atoms with Gasteiger partial charge in [-0.3, -0.25) is 9.69 Å². The Kier molecular flexibility index (Phi) is 6.97. The van der Waals surface area contributed by atoms with Crippen LogP contribution in [0.5, 0.6) is 5.75 Å². The van der Waals surface area contributed by atoms with E-state index in [0.29, 0.717) is 12.5 Å². The first-order valence-electron chi connectivity index (χ1n) is 12.7.